The lowest BCUT2D eigenvalue weighted by molar-refractivity contribution is -0.147. The Kier molecular flexibility index (Phi) is 5.13. The van der Waals surface area contributed by atoms with E-state index in [0.717, 1.165) is 24.1 Å². The summed E-state index contributed by atoms with van der Waals surface area (Å²) in [5.74, 6) is -2.68. The van der Waals surface area contributed by atoms with Gasteiger partial charge in [0.15, 0.2) is 0 Å². The number of methoxy groups -OCH3 is 1. The molecule has 1 unspecified atom stereocenters. The maximum Gasteiger partial charge on any atom is 0.396 e. The molecule has 0 radical (unpaired) electrons. The highest BCUT2D eigenvalue weighted by Crippen LogP contribution is 2.36. The molecule has 0 aliphatic rings. The van der Waals surface area contributed by atoms with Gasteiger partial charge in [-0.15, -0.1) is 0 Å². The van der Waals surface area contributed by atoms with E-state index in [-0.39, 0.29) is 23.4 Å². The van der Waals surface area contributed by atoms with Crippen LogP contribution in [0.5, 0.6) is 0 Å². The molecule has 0 amide bonds. The third-order valence-electron chi connectivity index (χ3n) is 3.47. The molecule has 0 aliphatic carbocycles. The molecule has 1 aromatic heterocycles. The summed E-state index contributed by atoms with van der Waals surface area (Å²) in [7, 11) is 1.13. The number of carbonyl (C=O) groups is 1. The van der Waals surface area contributed by atoms with Crippen molar-refractivity contribution in [2.24, 2.45) is 0 Å². The van der Waals surface area contributed by atoms with Crippen molar-refractivity contribution < 1.29 is 22.7 Å². The lowest BCUT2D eigenvalue weighted by Crippen LogP contribution is -2.21. The molecule has 1 atom stereocenters. The Balaban J connectivity index is 2.42. The molecule has 4 nitrogen and oxygen atoms in total. The first kappa shape index (κ1) is 17.5. The van der Waals surface area contributed by atoms with E-state index in [2.05, 4.69) is 30.9 Å². The van der Waals surface area contributed by atoms with Crippen molar-refractivity contribution >= 4 is 21.9 Å². The van der Waals surface area contributed by atoms with Gasteiger partial charge >= 0.3 is 12.1 Å². The smallest absolute Gasteiger partial charge is 0.396 e. The third kappa shape index (κ3) is 3.93. The van der Waals surface area contributed by atoms with Crippen LogP contribution in [0.4, 0.5) is 13.2 Å². The summed E-state index contributed by atoms with van der Waals surface area (Å²) in [4.78, 5) is 11.9. The number of hydrogen-bond acceptors (Lipinski definition) is 3. The second-order valence-corrected chi connectivity index (χ2v) is 5.93. The number of esters is 1. The number of ether oxygens (including phenoxy) is 1. The molecular formula is C15H14BrF3N2O2. The average molecular weight is 391 g/mol. The Hall–Kier alpha value is -1.83. The molecule has 124 valence electrons. The molecule has 8 heteroatoms. The van der Waals surface area contributed by atoms with Crippen LogP contribution >= 0.6 is 15.9 Å². The summed E-state index contributed by atoms with van der Waals surface area (Å²) in [6.45, 7) is 0.976. The van der Waals surface area contributed by atoms with Crippen LogP contribution < -0.4 is 0 Å². The Morgan fingerprint density at radius 1 is 1.35 bits per heavy atom. The number of nitrogens with one attached hydrogen (secondary N) is 1. The molecule has 23 heavy (non-hydrogen) atoms. The van der Waals surface area contributed by atoms with E-state index >= 15 is 0 Å². The molecule has 2 rings (SSSR count). The number of alkyl halides is 3. The predicted molar refractivity (Wildman–Crippen MR) is 81.3 cm³/mol. The number of halogens is 4. The van der Waals surface area contributed by atoms with Crippen LogP contribution in [0.2, 0.25) is 0 Å². The molecule has 1 N–H and O–H groups in total. The molecule has 2 aromatic rings. The first-order chi connectivity index (χ1) is 10.7. The summed E-state index contributed by atoms with van der Waals surface area (Å²) >= 11 is 3.30. The monoisotopic (exact) mass is 390 g/mol. The van der Waals surface area contributed by atoms with Crippen molar-refractivity contribution in [1.29, 1.82) is 0 Å². The fourth-order valence-electron chi connectivity index (χ4n) is 2.13. The second-order valence-electron chi connectivity index (χ2n) is 5.02. The van der Waals surface area contributed by atoms with Crippen molar-refractivity contribution in [2.75, 3.05) is 7.11 Å². The minimum Gasteiger partial charge on any atom is -0.465 e. The number of nitrogens with zero attached hydrogens (tertiary/aromatic N) is 1. The number of aromatic amines is 1. The normalized spacial score (nSPS) is 13.0. The van der Waals surface area contributed by atoms with Crippen molar-refractivity contribution in [3.05, 3.63) is 51.3 Å². The minimum absolute atomic E-state index is 0.153. The van der Waals surface area contributed by atoms with Crippen LogP contribution in [0.1, 0.15) is 40.2 Å². The van der Waals surface area contributed by atoms with Gasteiger partial charge in [-0.2, -0.15) is 18.3 Å². The topological polar surface area (TPSA) is 55.0 Å². The van der Waals surface area contributed by atoms with E-state index in [1.807, 2.05) is 0 Å². The number of hydrogen-bond donors (Lipinski definition) is 1. The van der Waals surface area contributed by atoms with E-state index in [9.17, 15) is 18.0 Å². The standard InChI is InChI=1S/C15H14BrF3N2O2/c1-8(15(17,18)19)13-12(14(22)23-2)11(20-21-13)7-9-3-5-10(16)6-4-9/h3-6,8H,7H2,1-2H3,(H,20,21). The SMILES string of the molecule is COC(=O)c1c(Cc2ccc(Br)cc2)n[nH]c1C(C)C(F)(F)F. The summed E-state index contributed by atoms with van der Waals surface area (Å²) in [6, 6.07) is 7.21. The molecule has 0 bridgehead atoms. The van der Waals surface area contributed by atoms with E-state index in [1.165, 1.54) is 0 Å². The van der Waals surface area contributed by atoms with Crippen LogP contribution in [0.25, 0.3) is 0 Å². The van der Waals surface area contributed by atoms with Crippen molar-refractivity contribution in [3.63, 3.8) is 0 Å². The quantitative estimate of drug-likeness (QED) is 0.795. The van der Waals surface area contributed by atoms with Crippen LogP contribution in [0.3, 0.4) is 0 Å². The lowest BCUT2D eigenvalue weighted by Gasteiger charge is -2.15. The molecule has 0 spiro atoms. The van der Waals surface area contributed by atoms with Gasteiger partial charge in [-0.25, -0.2) is 4.79 Å². The maximum absolute atomic E-state index is 13.0. The number of rotatable bonds is 4. The maximum atomic E-state index is 13.0. The van der Waals surface area contributed by atoms with Crippen LogP contribution in [0, 0.1) is 0 Å². The zero-order chi connectivity index (χ0) is 17.2. The molecule has 0 fully saturated rings. The molecule has 0 saturated heterocycles. The summed E-state index contributed by atoms with van der Waals surface area (Å²) in [6.07, 6.45) is -4.26. The number of benzene rings is 1. The highest BCUT2D eigenvalue weighted by Gasteiger charge is 2.41. The van der Waals surface area contributed by atoms with Gasteiger partial charge in [-0.3, -0.25) is 5.10 Å². The first-order valence-corrected chi connectivity index (χ1v) is 7.50. The van der Waals surface area contributed by atoms with Gasteiger partial charge in [0, 0.05) is 10.9 Å². The number of carbonyl (C=O) groups excluding carboxylic acids is 1. The Bertz CT molecular complexity index is 696. The van der Waals surface area contributed by atoms with Gasteiger partial charge in [-0.05, 0) is 24.6 Å². The number of H-pyrrole nitrogens is 1. The third-order valence-corrected chi connectivity index (χ3v) is 4.00. The van der Waals surface area contributed by atoms with Crippen LogP contribution in [-0.4, -0.2) is 29.5 Å². The highest BCUT2D eigenvalue weighted by molar-refractivity contribution is 9.10. The zero-order valence-electron chi connectivity index (χ0n) is 12.4. The van der Waals surface area contributed by atoms with Crippen LogP contribution in [0.15, 0.2) is 28.7 Å². The molecular weight excluding hydrogens is 377 g/mol. The van der Waals surface area contributed by atoms with Gasteiger partial charge in [0.05, 0.1) is 24.4 Å². The second kappa shape index (κ2) is 6.74. The van der Waals surface area contributed by atoms with E-state index in [0.29, 0.717) is 0 Å². The molecule has 1 heterocycles. The highest BCUT2D eigenvalue weighted by atomic mass is 79.9. The van der Waals surface area contributed by atoms with E-state index in [4.69, 9.17) is 0 Å². The molecule has 1 aromatic carbocycles. The fraction of sp³-hybridized carbons (Fsp3) is 0.333. The van der Waals surface area contributed by atoms with Crippen molar-refractivity contribution in [2.45, 2.75) is 25.4 Å². The van der Waals surface area contributed by atoms with E-state index < -0.39 is 18.1 Å². The van der Waals surface area contributed by atoms with Crippen LogP contribution in [-0.2, 0) is 11.2 Å². The predicted octanol–water partition coefficient (Wildman–Crippen LogP) is 4.22. The van der Waals surface area contributed by atoms with Gasteiger partial charge < -0.3 is 4.74 Å². The largest absolute Gasteiger partial charge is 0.465 e. The zero-order valence-corrected chi connectivity index (χ0v) is 14.0. The fourth-order valence-corrected chi connectivity index (χ4v) is 2.39. The average Bonchev–Trinajstić information content (AvgIpc) is 2.90. The van der Waals surface area contributed by atoms with E-state index in [1.54, 1.807) is 24.3 Å². The lowest BCUT2D eigenvalue weighted by atomic mass is 9.99. The Labute approximate surface area is 139 Å². The summed E-state index contributed by atoms with van der Waals surface area (Å²) in [5, 5.41) is 6.25. The van der Waals surface area contributed by atoms with Crippen molar-refractivity contribution in [1.82, 2.24) is 10.2 Å². The van der Waals surface area contributed by atoms with Gasteiger partial charge in [0.25, 0.3) is 0 Å². The summed E-state index contributed by atoms with van der Waals surface area (Å²) < 4.78 is 44.4. The first-order valence-electron chi connectivity index (χ1n) is 6.70. The number of aromatic nitrogens is 2. The Morgan fingerprint density at radius 2 is 1.96 bits per heavy atom. The van der Waals surface area contributed by atoms with Gasteiger partial charge in [0.1, 0.15) is 5.56 Å². The molecule has 0 aliphatic heterocycles. The summed E-state index contributed by atoms with van der Waals surface area (Å²) in [5.41, 5.74) is 0.609. The molecule has 0 saturated carbocycles. The minimum atomic E-state index is -4.48. The van der Waals surface area contributed by atoms with Gasteiger partial charge in [0.2, 0.25) is 0 Å². The van der Waals surface area contributed by atoms with Gasteiger partial charge in [-0.1, -0.05) is 28.1 Å². The van der Waals surface area contributed by atoms with Crippen molar-refractivity contribution in [3.8, 4) is 0 Å². The Morgan fingerprint density at radius 3 is 2.48 bits per heavy atom.